The van der Waals surface area contributed by atoms with E-state index in [-0.39, 0.29) is 12.0 Å². The molecule has 0 spiro atoms. The summed E-state index contributed by atoms with van der Waals surface area (Å²) in [6, 6.07) is 0. The van der Waals surface area contributed by atoms with Crippen LogP contribution in [0.15, 0.2) is 0 Å². The van der Waals surface area contributed by atoms with Gasteiger partial charge in [0.15, 0.2) is 0 Å². The van der Waals surface area contributed by atoms with Gasteiger partial charge in [-0.05, 0) is 25.3 Å². The molecular weight excluding hydrogens is 342 g/mol. The number of likely N-dealkylation sites (N-methyl/N-ethyl adjacent to an activating group) is 1. The molecule has 0 aromatic carbocycles. The summed E-state index contributed by atoms with van der Waals surface area (Å²) < 4.78 is 6.21. The molecule has 0 saturated heterocycles. The quantitative estimate of drug-likeness (QED) is 0.313. The molecule has 0 aromatic heterocycles. The Morgan fingerprint density at radius 2 is 1.70 bits per heavy atom. The Balaban J connectivity index is 2.68. The Kier molecular flexibility index (Phi) is 10.8. The Hall–Kier alpha value is -0.200. The van der Waals surface area contributed by atoms with E-state index in [1.165, 1.54) is 25.7 Å². The molecule has 1 aliphatic rings. The van der Waals surface area contributed by atoms with Crippen LogP contribution in [0.3, 0.4) is 0 Å². The highest BCUT2D eigenvalue weighted by Crippen LogP contribution is 2.38. The van der Waals surface area contributed by atoms with Crippen LogP contribution in [0.1, 0.15) is 91.9 Å². The van der Waals surface area contributed by atoms with E-state index in [9.17, 15) is 15.3 Å². The molecule has 1 saturated carbocycles. The summed E-state index contributed by atoms with van der Waals surface area (Å²) in [4.78, 5) is 2.06. The van der Waals surface area contributed by atoms with Crippen LogP contribution in [-0.2, 0) is 4.74 Å². The molecule has 0 bridgehead atoms. The third-order valence-corrected chi connectivity index (χ3v) is 6.36. The molecule has 27 heavy (non-hydrogen) atoms. The van der Waals surface area contributed by atoms with E-state index >= 15 is 0 Å². The lowest BCUT2D eigenvalue weighted by atomic mass is 9.82. The minimum atomic E-state index is -0.897. The average molecular weight is 388 g/mol. The Bertz CT molecular complexity index is 404. The molecule has 1 fully saturated rings. The van der Waals surface area contributed by atoms with Crippen LogP contribution < -0.4 is 0 Å². The van der Waals surface area contributed by atoms with Crippen molar-refractivity contribution in [1.82, 2.24) is 4.90 Å². The Morgan fingerprint density at radius 1 is 1.07 bits per heavy atom. The van der Waals surface area contributed by atoms with E-state index in [1.807, 2.05) is 7.05 Å². The van der Waals surface area contributed by atoms with E-state index in [4.69, 9.17) is 4.74 Å². The third kappa shape index (κ3) is 7.28. The van der Waals surface area contributed by atoms with E-state index in [1.54, 1.807) is 0 Å². The fourth-order valence-electron chi connectivity index (χ4n) is 4.06. The first-order chi connectivity index (χ1) is 12.7. The van der Waals surface area contributed by atoms with Gasteiger partial charge in [-0.3, -0.25) is 4.90 Å². The largest absolute Gasteiger partial charge is 0.393 e. The van der Waals surface area contributed by atoms with Gasteiger partial charge in [-0.15, -0.1) is 0 Å². The normalized spacial score (nSPS) is 27.4. The monoisotopic (exact) mass is 387 g/mol. The fourth-order valence-corrected chi connectivity index (χ4v) is 4.06. The smallest absolute Gasteiger partial charge is 0.150 e. The first kappa shape index (κ1) is 24.8. The first-order valence-electron chi connectivity index (χ1n) is 11.1. The predicted octanol–water partition coefficient (Wildman–Crippen LogP) is 3.69. The minimum Gasteiger partial charge on any atom is -0.393 e. The maximum absolute atomic E-state index is 10.7. The lowest BCUT2D eigenvalue weighted by Gasteiger charge is -2.43. The standard InChI is InChI=1S/C22H45NO4/c1-6-8-10-11-12-14-23(5)22(16-18(24)15-19(22)25)27-17-20(26)21(3,4)13-9-7-2/h18-20,24-26H,6-17H2,1-5H3/t18-,19+,20?,22-/m1/s1. The molecular formula is C22H45NO4. The number of aliphatic hydroxyl groups excluding tert-OH is 3. The predicted molar refractivity (Wildman–Crippen MR) is 111 cm³/mol. The van der Waals surface area contributed by atoms with Gasteiger partial charge in [0.05, 0.1) is 24.9 Å². The molecule has 0 aromatic rings. The number of hydrogen-bond donors (Lipinski definition) is 3. The molecule has 5 nitrogen and oxygen atoms in total. The fraction of sp³-hybridized carbons (Fsp3) is 1.00. The summed E-state index contributed by atoms with van der Waals surface area (Å²) in [5.41, 5.74) is -1.12. The highest BCUT2D eigenvalue weighted by Gasteiger charge is 2.50. The maximum Gasteiger partial charge on any atom is 0.150 e. The van der Waals surface area contributed by atoms with Gasteiger partial charge in [0.1, 0.15) is 5.72 Å². The second-order valence-corrected chi connectivity index (χ2v) is 9.21. The van der Waals surface area contributed by atoms with E-state index < -0.39 is 24.0 Å². The van der Waals surface area contributed by atoms with Crippen LogP contribution in [0.25, 0.3) is 0 Å². The van der Waals surface area contributed by atoms with Crippen molar-refractivity contribution in [3.05, 3.63) is 0 Å². The molecule has 0 aliphatic heterocycles. The van der Waals surface area contributed by atoms with Crippen LogP contribution in [0.2, 0.25) is 0 Å². The SMILES string of the molecule is CCCCCCCN(C)[C@@]1(OCC(O)C(C)(C)CCCC)C[C@H](O)C[C@@H]1O. The van der Waals surface area contributed by atoms with Gasteiger partial charge in [0.2, 0.25) is 0 Å². The molecule has 1 aliphatic carbocycles. The van der Waals surface area contributed by atoms with Gasteiger partial charge in [0, 0.05) is 19.4 Å². The van der Waals surface area contributed by atoms with Crippen molar-refractivity contribution in [2.45, 2.75) is 116 Å². The van der Waals surface area contributed by atoms with Crippen LogP contribution in [0.4, 0.5) is 0 Å². The highest BCUT2D eigenvalue weighted by atomic mass is 16.5. The molecule has 1 unspecified atom stereocenters. The van der Waals surface area contributed by atoms with Gasteiger partial charge < -0.3 is 20.1 Å². The topological polar surface area (TPSA) is 73.2 Å². The van der Waals surface area contributed by atoms with Crippen molar-refractivity contribution in [2.24, 2.45) is 5.41 Å². The lowest BCUT2D eigenvalue weighted by Crippen LogP contribution is -2.56. The summed E-state index contributed by atoms with van der Waals surface area (Å²) in [5, 5.41) is 31.5. The average Bonchev–Trinajstić information content (AvgIpc) is 2.92. The third-order valence-electron chi connectivity index (χ3n) is 6.36. The molecule has 0 radical (unpaired) electrons. The van der Waals surface area contributed by atoms with Crippen LogP contribution in [-0.4, -0.2) is 64.5 Å². The molecule has 1 rings (SSSR count). The lowest BCUT2D eigenvalue weighted by molar-refractivity contribution is -0.213. The second-order valence-electron chi connectivity index (χ2n) is 9.21. The van der Waals surface area contributed by atoms with Gasteiger partial charge in [-0.25, -0.2) is 0 Å². The van der Waals surface area contributed by atoms with Crippen molar-refractivity contribution in [3.63, 3.8) is 0 Å². The molecule has 4 atom stereocenters. The Labute approximate surface area is 167 Å². The van der Waals surface area contributed by atoms with Crippen molar-refractivity contribution in [1.29, 1.82) is 0 Å². The summed E-state index contributed by atoms with van der Waals surface area (Å²) >= 11 is 0. The van der Waals surface area contributed by atoms with E-state index in [0.717, 1.165) is 32.2 Å². The highest BCUT2D eigenvalue weighted by molar-refractivity contribution is 4.98. The van der Waals surface area contributed by atoms with Gasteiger partial charge in [-0.1, -0.05) is 66.2 Å². The zero-order valence-corrected chi connectivity index (χ0v) is 18.4. The van der Waals surface area contributed by atoms with Gasteiger partial charge in [-0.2, -0.15) is 0 Å². The zero-order chi connectivity index (χ0) is 20.5. The number of nitrogens with zero attached hydrogens (tertiary/aromatic N) is 1. The first-order valence-corrected chi connectivity index (χ1v) is 11.1. The van der Waals surface area contributed by atoms with Crippen molar-refractivity contribution in [2.75, 3.05) is 20.2 Å². The van der Waals surface area contributed by atoms with Crippen LogP contribution in [0.5, 0.6) is 0 Å². The molecule has 0 heterocycles. The van der Waals surface area contributed by atoms with Crippen LogP contribution in [0, 0.1) is 5.41 Å². The Morgan fingerprint density at radius 3 is 2.26 bits per heavy atom. The number of rotatable bonds is 14. The van der Waals surface area contributed by atoms with Crippen molar-refractivity contribution in [3.8, 4) is 0 Å². The molecule has 162 valence electrons. The van der Waals surface area contributed by atoms with Crippen molar-refractivity contribution < 1.29 is 20.1 Å². The van der Waals surface area contributed by atoms with Crippen molar-refractivity contribution >= 4 is 0 Å². The molecule has 0 amide bonds. The number of ether oxygens (including phenoxy) is 1. The number of unbranched alkanes of at least 4 members (excludes halogenated alkanes) is 5. The minimum absolute atomic E-state index is 0.181. The molecule has 3 N–H and O–H groups in total. The maximum atomic E-state index is 10.7. The number of hydrogen-bond acceptors (Lipinski definition) is 5. The number of aliphatic hydroxyl groups is 3. The summed E-state index contributed by atoms with van der Waals surface area (Å²) in [5.74, 6) is 0. The molecule has 5 heteroatoms. The van der Waals surface area contributed by atoms with Crippen LogP contribution >= 0.6 is 0 Å². The summed E-state index contributed by atoms with van der Waals surface area (Å²) in [6.45, 7) is 9.50. The van der Waals surface area contributed by atoms with E-state index in [0.29, 0.717) is 12.8 Å². The summed E-state index contributed by atoms with van der Waals surface area (Å²) in [6.07, 6.45) is 7.88. The second kappa shape index (κ2) is 11.7. The van der Waals surface area contributed by atoms with Gasteiger partial charge in [0.25, 0.3) is 0 Å². The van der Waals surface area contributed by atoms with Gasteiger partial charge >= 0.3 is 0 Å². The zero-order valence-electron chi connectivity index (χ0n) is 18.4. The summed E-state index contributed by atoms with van der Waals surface area (Å²) in [7, 11) is 1.97. The van der Waals surface area contributed by atoms with E-state index in [2.05, 4.69) is 32.6 Å².